The Morgan fingerprint density at radius 1 is 1.11 bits per heavy atom. The van der Waals surface area contributed by atoms with E-state index in [-0.39, 0.29) is 25.0 Å². The third-order valence-corrected chi connectivity index (χ3v) is 4.60. The lowest BCUT2D eigenvalue weighted by Crippen LogP contribution is -2.32. The number of aromatic nitrogens is 1. The quantitative estimate of drug-likeness (QED) is 0.626. The molecule has 0 aliphatic carbocycles. The number of aryl methyl sites for hydroxylation is 1. The number of aromatic amines is 1. The molecule has 140 valence electrons. The third kappa shape index (κ3) is 4.76. The fourth-order valence-corrected chi connectivity index (χ4v) is 3.09. The number of para-hydroxylation sites is 1. The van der Waals surface area contributed by atoms with E-state index in [0.29, 0.717) is 0 Å². The second-order valence-electron chi connectivity index (χ2n) is 6.64. The van der Waals surface area contributed by atoms with Crippen molar-refractivity contribution < 1.29 is 14.3 Å². The third-order valence-electron chi connectivity index (χ3n) is 4.60. The first kappa shape index (κ1) is 18.7. The number of nitrogens with one attached hydrogen (secondary N) is 2. The number of benzene rings is 2. The second-order valence-corrected chi connectivity index (χ2v) is 6.64. The molecule has 0 aliphatic heterocycles. The van der Waals surface area contributed by atoms with Gasteiger partial charge in [0.15, 0.2) is 6.61 Å². The number of fused-ring (bicyclic) bond motifs is 1. The fraction of sp³-hybridized carbons (Fsp3) is 0.273. The number of carbonyl (C=O) groups excluding carboxylic acids is 2. The number of hydrogen-bond acceptors (Lipinski definition) is 3. The molecule has 1 atom stereocenters. The zero-order valence-electron chi connectivity index (χ0n) is 15.6. The standard InChI is InChI=1S/C22H24N2O3/c1-3-19(16-10-8-15(2)9-11-16)24-21(25)14-27-22(26)12-17-13-23-20-7-5-4-6-18(17)20/h4-11,13,19,23H,3,12,14H2,1-2H3,(H,24,25)/t19-/m0/s1. The van der Waals surface area contributed by atoms with Gasteiger partial charge in [-0.05, 0) is 30.5 Å². The summed E-state index contributed by atoms with van der Waals surface area (Å²) in [7, 11) is 0. The molecule has 1 aromatic heterocycles. The van der Waals surface area contributed by atoms with Gasteiger partial charge in [-0.2, -0.15) is 0 Å². The van der Waals surface area contributed by atoms with Gasteiger partial charge in [0.1, 0.15) is 0 Å². The van der Waals surface area contributed by atoms with Gasteiger partial charge in [-0.25, -0.2) is 0 Å². The van der Waals surface area contributed by atoms with Crippen LogP contribution in [0.2, 0.25) is 0 Å². The van der Waals surface area contributed by atoms with Gasteiger partial charge in [0.05, 0.1) is 12.5 Å². The number of H-pyrrole nitrogens is 1. The normalized spacial score (nSPS) is 11.9. The molecule has 1 heterocycles. The van der Waals surface area contributed by atoms with E-state index in [2.05, 4.69) is 10.3 Å². The summed E-state index contributed by atoms with van der Waals surface area (Å²) in [6.45, 7) is 3.76. The first-order valence-electron chi connectivity index (χ1n) is 9.13. The van der Waals surface area contributed by atoms with Crippen molar-refractivity contribution in [3.63, 3.8) is 0 Å². The van der Waals surface area contributed by atoms with Gasteiger partial charge >= 0.3 is 5.97 Å². The van der Waals surface area contributed by atoms with E-state index in [4.69, 9.17) is 4.74 Å². The monoisotopic (exact) mass is 364 g/mol. The van der Waals surface area contributed by atoms with Crippen LogP contribution in [0.3, 0.4) is 0 Å². The van der Waals surface area contributed by atoms with E-state index in [9.17, 15) is 9.59 Å². The number of carbonyl (C=O) groups is 2. The summed E-state index contributed by atoms with van der Waals surface area (Å²) < 4.78 is 5.16. The maximum Gasteiger partial charge on any atom is 0.310 e. The van der Waals surface area contributed by atoms with Crippen molar-refractivity contribution in [2.75, 3.05) is 6.61 Å². The zero-order valence-corrected chi connectivity index (χ0v) is 15.6. The summed E-state index contributed by atoms with van der Waals surface area (Å²) in [5.74, 6) is -0.715. The van der Waals surface area contributed by atoms with E-state index >= 15 is 0 Å². The molecule has 0 unspecified atom stereocenters. The Balaban J connectivity index is 1.52. The number of rotatable bonds is 7. The summed E-state index contributed by atoms with van der Waals surface area (Å²) in [5.41, 5.74) is 4.05. The highest BCUT2D eigenvalue weighted by atomic mass is 16.5. The average Bonchev–Trinajstić information content (AvgIpc) is 3.08. The Bertz CT molecular complexity index is 928. The van der Waals surface area contributed by atoms with Gasteiger partial charge in [0, 0.05) is 17.1 Å². The first-order chi connectivity index (χ1) is 13.1. The lowest BCUT2D eigenvalue weighted by Gasteiger charge is -2.17. The lowest BCUT2D eigenvalue weighted by atomic mass is 10.0. The molecule has 0 bridgehead atoms. The summed E-state index contributed by atoms with van der Waals surface area (Å²) in [4.78, 5) is 27.4. The van der Waals surface area contributed by atoms with Gasteiger partial charge in [0.2, 0.25) is 0 Å². The largest absolute Gasteiger partial charge is 0.455 e. The molecule has 0 saturated carbocycles. The molecule has 5 nitrogen and oxygen atoms in total. The molecule has 1 amide bonds. The zero-order chi connectivity index (χ0) is 19.2. The highest BCUT2D eigenvalue weighted by Crippen LogP contribution is 2.19. The predicted molar refractivity (Wildman–Crippen MR) is 105 cm³/mol. The van der Waals surface area contributed by atoms with E-state index < -0.39 is 5.97 Å². The maximum absolute atomic E-state index is 12.2. The highest BCUT2D eigenvalue weighted by Gasteiger charge is 2.15. The van der Waals surface area contributed by atoms with Crippen molar-refractivity contribution in [2.24, 2.45) is 0 Å². The molecule has 0 radical (unpaired) electrons. The van der Waals surface area contributed by atoms with Crippen LogP contribution in [-0.4, -0.2) is 23.5 Å². The molecule has 2 aromatic carbocycles. The van der Waals surface area contributed by atoms with Crippen LogP contribution in [0.25, 0.3) is 10.9 Å². The van der Waals surface area contributed by atoms with E-state index in [1.54, 1.807) is 6.20 Å². The molecular formula is C22H24N2O3. The summed E-state index contributed by atoms with van der Waals surface area (Å²) in [6, 6.07) is 15.7. The van der Waals surface area contributed by atoms with Gasteiger partial charge in [-0.15, -0.1) is 0 Å². The van der Waals surface area contributed by atoms with E-state index in [1.165, 1.54) is 5.56 Å². The van der Waals surface area contributed by atoms with Crippen LogP contribution in [0, 0.1) is 6.92 Å². The highest BCUT2D eigenvalue weighted by molar-refractivity contribution is 5.88. The van der Waals surface area contributed by atoms with Gasteiger partial charge in [-0.1, -0.05) is 55.0 Å². The number of amides is 1. The van der Waals surface area contributed by atoms with Crippen LogP contribution < -0.4 is 5.32 Å². The second kappa shape index (κ2) is 8.54. The number of hydrogen-bond donors (Lipinski definition) is 2. The lowest BCUT2D eigenvalue weighted by molar-refractivity contribution is -0.148. The molecule has 0 aliphatic rings. The molecule has 5 heteroatoms. The summed E-state index contributed by atoms with van der Waals surface area (Å²) in [5, 5.41) is 3.91. The Morgan fingerprint density at radius 2 is 1.85 bits per heavy atom. The van der Waals surface area contributed by atoms with E-state index in [0.717, 1.165) is 28.5 Å². The van der Waals surface area contributed by atoms with E-state index in [1.807, 2.05) is 62.4 Å². The minimum absolute atomic E-state index is 0.0922. The summed E-state index contributed by atoms with van der Waals surface area (Å²) in [6.07, 6.45) is 2.70. The molecule has 0 saturated heterocycles. The fourth-order valence-electron chi connectivity index (χ4n) is 3.09. The summed E-state index contributed by atoms with van der Waals surface area (Å²) >= 11 is 0. The minimum Gasteiger partial charge on any atom is -0.455 e. The molecule has 3 aromatic rings. The SMILES string of the molecule is CC[C@H](NC(=O)COC(=O)Cc1c[nH]c2ccccc12)c1ccc(C)cc1. The number of esters is 1. The average molecular weight is 364 g/mol. The van der Waals surface area contributed by atoms with Crippen LogP contribution in [0.15, 0.2) is 54.7 Å². The van der Waals surface area contributed by atoms with Crippen LogP contribution >= 0.6 is 0 Å². The van der Waals surface area contributed by atoms with Crippen LogP contribution in [0.1, 0.15) is 36.1 Å². The maximum atomic E-state index is 12.2. The molecule has 3 rings (SSSR count). The van der Waals surface area contributed by atoms with Gasteiger partial charge < -0.3 is 15.0 Å². The van der Waals surface area contributed by atoms with Crippen LogP contribution in [-0.2, 0) is 20.7 Å². The van der Waals surface area contributed by atoms with Crippen molar-refractivity contribution >= 4 is 22.8 Å². The molecule has 0 fully saturated rings. The van der Waals surface area contributed by atoms with Crippen molar-refractivity contribution in [2.45, 2.75) is 32.7 Å². The first-order valence-corrected chi connectivity index (χ1v) is 9.13. The van der Waals surface area contributed by atoms with Crippen molar-refractivity contribution in [1.82, 2.24) is 10.3 Å². The number of ether oxygens (including phenoxy) is 1. The molecule has 27 heavy (non-hydrogen) atoms. The Hall–Kier alpha value is -3.08. The molecular weight excluding hydrogens is 340 g/mol. The molecule has 0 spiro atoms. The van der Waals surface area contributed by atoms with Crippen LogP contribution in [0.5, 0.6) is 0 Å². The van der Waals surface area contributed by atoms with Crippen molar-refractivity contribution in [1.29, 1.82) is 0 Å². The Labute approximate surface area is 158 Å². The molecule has 2 N–H and O–H groups in total. The van der Waals surface area contributed by atoms with Crippen molar-refractivity contribution in [3.05, 3.63) is 71.4 Å². The Kier molecular flexibility index (Phi) is 5.91. The topological polar surface area (TPSA) is 71.2 Å². The van der Waals surface area contributed by atoms with Gasteiger partial charge in [0.25, 0.3) is 5.91 Å². The van der Waals surface area contributed by atoms with Crippen LogP contribution in [0.4, 0.5) is 0 Å². The Morgan fingerprint density at radius 3 is 2.59 bits per heavy atom. The predicted octanol–water partition coefficient (Wildman–Crippen LogP) is 3.83. The minimum atomic E-state index is -0.418. The smallest absolute Gasteiger partial charge is 0.310 e. The van der Waals surface area contributed by atoms with Gasteiger partial charge in [-0.3, -0.25) is 9.59 Å². The van der Waals surface area contributed by atoms with Crippen molar-refractivity contribution in [3.8, 4) is 0 Å².